The molecule has 42 heavy (non-hydrogen) atoms. The zero-order valence-electron chi connectivity index (χ0n) is 24.5. The van der Waals surface area contributed by atoms with Gasteiger partial charge >= 0.3 is 0 Å². The summed E-state index contributed by atoms with van der Waals surface area (Å²) >= 11 is 0. The molecular formula is C31H38N2O9. The third-order valence-electron chi connectivity index (χ3n) is 7.66. The molecular weight excluding hydrogens is 544 g/mol. The van der Waals surface area contributed by atoms with Gasteiger partial charge in [-0.05, 0) is 48.4 Å². The molecule has 0 aromatic heterocycles. The van der Waals surface area contributed by atoms with Gasteiger partial charge in [-0.25, -0.2) is 0 Å². The van der Waals surface area contributed by atoms with Gasteiger partial charge in [0.1, 0.15) is 30.0 Å². The normalized spacial score (nSPS) is 20.5. The highest BCUT2D eigenvalue weighted by atomic mass is 16.5. The van der Waals surface area contributed by atoms with Crippen molar-refractivity contribution in [2.24, 2.45) is 5.92 Å². The standard InChI is InChI=1S/C31H38N2O9/c1-17(2)31(38)33(10-8-19-14-20(39-3)6-7-24(19)40-4)23-15-22(30(37)32-9-11-34)26-21-12-18(16-35)13-25(41-5)28(21)42-29(26)27(23)36/h6-7,12-17,23,26-27,29,34,36H,8-11H2,1-5H3,(H,32,37)/t23-,26+,27+,29+/m1/s1. The summed E-state index contributed by atoms with van der Waals surface area (Å²) in [5.41, 5.74) is 1.91. The lowest BCUT2D eigenvalue weighted by molar-refractivity contribution is -0.140. The van der Waals surface area contributed by atoms with Gasteiger partial charge in [0.2, 0.25) is 11.8 Å². The maximum Gasteiger partial charge on any atom is 0.247 e. The second kappa shape index (κ2) is 13.3. The summed E-state index contributed by atoms with van der Waals surface area (Å²) in [6, 6.07) is 7.63. The maximum absolute atomic E-state index is 13.6. The van der Waals surface area contributed by atoms with Crippen LogP contribution in [0.3, 0.4) is 0 Å². The number of aliphatic hydroxyl groups excluding tert-OH is 2. The van der Waals surface area contributed by atoms with Crippen molar-refractivity contribution in [2.45, 2.75) is 44.4 Å². The number of nitrogens with one attached hydrogen (secondary N) is 1. The molecule has 2 aromatic carbocycles. The fourth-order valence-electron chi connectivity index (χ4n) is 5.61. The van der Waals surface area contributed by atoms with E-state index >= 15 is 0 Å². The molecule has 226 valence electrons. The molecule has 4 rings (SSSR count). The van der Waals surface area contributed by atoms with Crippen LogP contribution >= 0.6 is 0 Å². The Balaban J connectivity index is 1.78. The lowest BCUT2D eigenvalue weighted by atomic mass is 9.77. The molecule has 2 aromatic rings. The first-order valence-electron chi connectivity index (χ1n) is 13.8. The summed E-state index contributed by atoms with van der Waals surface area (Å²) in [7, 11) is 4.57. The minimum atomic E-state index is -1.23. The van der Waals surface area contributed by atoms with E-state index in [2.05, 4.69) is 5.32 Å². The van der Waals surface area contributed by atoms with E-state index in [1.165, 1.54) is 13.2 Å². The molecule has 3 N–H and O–H groups in total. The first-order valence-corrected chi connectivity index (χ1v) is 13.8. The number of nitrogens with zero attached hydrogens (tertiary/aromatic N) is 1. The number of fused-ring (bicyclic) bond motifs is 3. The highest BCUT2D eigenvalue weighted by molar-refractivity contribution is 5.96. The van der Waals surface area contributed by atoms with Crippen LogP contribution in [0.25, 0.3) is 0 Å². The second-order valence-corrected chi connectivity index (χ2v) is 10.5. The van der Waals surface area contributed by atoms with E-state index in [0.29, 0.717) is 46.8 Å². The van der Waals surface area contributed by atoms with E-state index in [1.807, 2.05) is 6.07 Å². The lowest BCUT2D eigenvalue weighted by Crippen LogP contribution is -2.56. The molecule has 11 heteroatoms. The van der Waals surface area contributed by atoms with Crippen LogP contribution in [0.1, 0.15) is 41.3 Å². The molecule has 4 atom stereocenters. The Bertz CT molecular complexity index is 1360. The topological polar surface area (TPSA) is 144 Å². The van der Waals surface area contributed by atoms with Crippen molar-refractivity contribution in [3.63, 3.8) is 0 Å². The summed E-state index contributed by atoms with van der Waals surface area (Å²) in [6.45, 7) is 3.48. The van der Waals surface area contributed by atoms with Gasteiger partial charge in [-0.3, -0.25) is 14.4 Å². The summed E-state index contributed by atoms with van der Waals surface area (Å²) < 4.78 is 22.6. The zero-order valence-corrected chi connectivity index (χ0v) is 24.5. The SMILES string of the molecule is COc1ccc(OC)c(CCN(C(=O)C(C)C)[C@@H]2C=C(C(=O)NCCO)[C@@H]3c4cc(C=O)cc(OC)c4O[C@@H]3[C@H]2O)c1. The Morgan fingerprint density at radius 1 is 1.10 bits per heavy atom. The number of rotatable bonds is 12. The van der Waals surface area contributed by atoms with Crippen LogP contribution in [-0.4, -0.2) is 92.5 Å². The number of benzene rings is 2. The number of carbonyl (C=O) groups excluding carboxylic acids is 3. The smallest absolute Gasteiger partial charge is 0.247 e. The number of hydrogen-bond acceptors (Lipinski definition) is 9. The maximum atomic E-state index is 13.6. The molecule has 0 fully saturated rings. The van der Waals surface area contributed by atoms with Gasteiger partial charge < -0.3 is 39.4 Å². The van der Waals surface area contributed by atoms with Crippen LogP contribution in [0.2, 0.25) is 0 Å². The van der Waals surface area contributed by atoms with E-state index < -0.39 is 36.0 Å². The molecule has 1 heterocycles. The van der Waals surface area contributed by atoms with Crippen LogP contribution in [0, 0.1) is 5.92 Å². The minimum absolute atomic E-state index is 0.0104. The van der Waals surface area contributed by atoms with E-state index in [4.69, 9.17) is 18.9 Å². The van der Waals surface area contributed by atoms with E-state index in [-0.39, 0.29) is 31.2 Å². The van der Waals surface area contributed by atoms with Crippen molar-refractivity contribution in [3.05, 3.63) is 58.7 Å². The van der Waals surface area contributed by atoms with Gasteiger partial charge in [0, 0.05) is 35.7 Å². The quantitative estimate of drug-likeness (QED) is 0.320. The molecule has 11 nitrogen and oxygen atoms in total. The van der Waals surface area contributed by atoms with Gasteiger partial charge in [-0.15, -0.1) is 0 Å². The average molecular weight is 583 g/mol. The highest BCUT2D eigenvalue weighted by Gasteiger charge is 2.51. The van der Waals surface area contributed by atoms with Crippen LogP contribution in [0.4, 0.5) is 0 Å². The Kier molecular flexibility index (Phi) is 9.74. The summed E-state index contributed by atoms with van der Waals surface area (Å²) in [5, 5.41) is 23.8. The summed E-state index contributed by atoms with van der Waals surface area (Å²) in [4.78, 5) is 40.3. The molecule has 1 aliphatic heterocycles. The van der Waals surface area contributed by atoms with Crippen molar-refractivity contribution >= 4 is 18.1 Å². The van der Waals surface area contributed by atoms with Gasteiger partial charge in [0.25, 0.3) is 0 Å². The number of aliphatic hydroxyl groups is 2. The van der Waals surface area contributed by atoms with Crippen LogP contribution in [0.15, 0.2) is 42.0 Å². The molecule has 1 aliphatic carbocycles. The van der Waals surface area contributed by atoms with Crippen molar-refractivity contribution in [1.29, 1.82) is 0 Å². The van der Waals surface area contributed by atoms with E-state index in [1.54, 1.807) is 57.2 Å². The molecule has 2 aliphatic rings. The van der Waals surface area contributed by atoms with E-state index in [9.17, 15) is 24.6 Å². The molecule has 0 radical (unpaired) electrons. The van der Waals surface area contributed by atoms with Crippen LogP contribution in [-0.2, 0) is 16.0 Å². The zero-order chi connectivity index (χ0) is 30.6. The number of aldehydes is 1. The fourth-order valence-corrected chi connectivity index (χ4v) is 5.61. The number of methoxy groups -OCH3 is 3. The van der Waals surface area contributed by atoms with Gasteiger partial charge in [0.15, 0.2) is 11.5 Å². The Labute approximate surface area is 245 Å². The Hall–Kier alpha value is -4.09. The number of amides is 2. The molecule has 2 amide bonds. The third kappa shape index (κ3) is 5.93. The predicted molar refractivity (Wildman–Crippen MR) is 153 cm³/mol. The van der Waals surface area contributed by atoms with E-state index in [0.717, 1.165) is 5.56 Å². The van der Waals surface area contributed by atoms with Crippen molar-refractivity contribution in [2.75, 3.05) is 41.0 Å². The molecule has 0 spiro atoms. The first kappa shape index (κ1) is 30.9. The Morgan fingerprint density at radius 3 is 2.45 bits per heavy atom. The summed E-state index contributed by atoms with van der Waals surface area (Å²) in [5.74, 6) is 0.0363. The number of hydrogen-bond donors (Lipinski definition) is 3. The first-order chi connectivity index (χ1) is 20.2. The van der Waals surface area contributed by atoms with Crippen LogP contribution in [0.5, 0.6) is 23.0 Å². The molecule has 0 unspecified atom stereocenters. The third-order valence-corrected chi connectivity index (χ3v) is 7.66. The Morgan fingerprint density at radius 2 is 1.83 bits per heavy atom. The average Bonchev–Trinajstić information content (AvgIpc) is 3.40. The van der Waals surface area contributed by atoms with Gasteiger partial charge in [0.05, 0.1) is 39.9 Å². The van der Waals surface area contributed by atoms with Gasteiger partial charge in [-0.2, -0.15) is 0 Å². The molecule has 0 saturated carbocycles. The predicted octanol–water partition coefficient (Wildman–Crippen LogP) is 1.87. The number of carbonyl (C=O) groups is 3. The van der Waals surface area contributed by atoms with Crippen LogP contribution < -0.4 is 24.3 Å². The lowest BCUT2D eigenvalue weighted by Gasteiger charge is -2.41. The second-order valence-electron chi connectivity index (χ2n) is 10.5. The summed E-state index contributed by atoms with van der Waals surface area (Å²) in [6.07, 6.45) is 0.474. The molecule has 0 bridgehead atoms. The minimum Gasteiger partial charge on any atom is -0.497 e. The van der Waals surface area contributed by atoms with Gasteiger partial charge in [-0.1, -0.05) is 13.8 Å². The highest BCUT2D eigenvalue weighted by Crippen LogP contribution is 2.51. The van der Waals surface area contributed by atoms with Crippen molar-refractivity contribution in [3.8, 4) is 23.0 Å². The number of ether oxygens (including phenoxy) is 4. The monoisotopic (exact) mass is 582 g/mol. The molecule has 0 saturated heterocycles. The van der Waals surface area contributed by atoms with Crippen molar-refractivity contribution < 1.29 is 43.5 Å². The van der Waals surface area contributed by atoms with Crippen molar-refractivity contribution in [1.82, 2.24) is 10.2 Å². The fraction of sp³-hybridized carbons (Fsp3) is 0.452. The largest absolute Gasteiger partial charge is 0.497 e.